The zero-order valence-electron chi connectivity index (χ0n) is 12.1. The fourth-order valence-corrected chi connectivity index (χ4v) is 1.82. The van der Waals surface area contributed by atoms with Crippen molar-refractivity contribution >= 4 is 5.97 Å². The number of carbonyl (C=O) groups is 1. The van der Waals surface area contributed by atoms with Gasteiger partial charge in [0.25, 0.3) is 5.56 Å². The summed E-state index contributed by atoms with van der Waals surface area (Å²) in [6, 6.07) is 3.32. The molecule has 2 rings (SSSR count). The number of nitrogens with zero attached hydrogens (tertiary/aromatic N) is 2. The van der Waals surface area contributed by atoms with Crippen molar-refractivity contribution in [1.29, 1.82) is 0 Å². The monoisotopic (exact) mass is 292 g/mol. The van der Waals surface area contributed by atoms with Crippen molar-refractivity contribution in [3.63, 3.8) is 0 Å². The van der Waals surface area contributed by atoms with E-state index in [1.54, 1.807) is 26.0 Å². The minimum atomic E-state index is -0.702. The number of rotatable bonds is 5. The molecule has 7 nitrogen and oxygen atoms in total. The van der Waals surface area contributed by atoms with Crippen molar-refractivity contribution in [2.45, 2.75) is 13.8 Å². The van der Waals surface area contributed by atoms with Crippen LogP contribution in [0.25, 0.3) is 11.6 Å². The van der Waals surface area contributed by atoms with Crippen LogP contribution >= 0.6 is 0 Å². The van der Waals surface area contributed by atoms with Crippen molar-refractivity contribution < 1.29 is 18.7 Å². The van der Waals surface area contributed by atoms with Gasteiger partial charge in [-0.15, -0.1) is 0 Å². The summed E-state index contributed by atoms with van der Waals surface area (Å²) in [6.45, 7) is 3.81. The van der Waals surface area contributed by atoms with Crippen LogP contribution in [0.5, 0.6) is 5.75 Å². The summed E-state index contributed by atoms with van der Waals surface area (Å²) in [5.74, 6) is -0.208. The minimum absolute atomic E-state index is 0.117. The smallest absolute Gasteiger partial charge is 0.361 e. The van der Waals surface area contributed by atoms with Gasteiger partial charge in [0, 0.05) is 7.05 Å². The number of hydrogen-bond donors (Lipinski definition) is 0. The second-order valence-electron chi connectivity index (χ2n) is 4.11. The van der Waals surface area contributed by atoms with E-state index >= 15 is 0 Å². The number of carbonyl (C=O) groups excluding carboxylic acids is 1. The van der Waals surface area contributed by atoms with Gasteiger partial charge in [-0.1, -0.05) is 0 Å². The Morgan fingerprint density at radius 2 is 2.14 bits per heavy atom. The molecule has 0 saturated carbocycles. The van der Waals surface area contributed by atoms with E-state index in [0.717, 1.165) is 0 Å². The van der Waals surface area contributed by atoms with Crippen molar-refractivity contribution in [1.82, 2.24) is 9.55 Å². The van der Waals surface area contributed by atoms with Crippen LogP contribution in [0.1, 0.15) is 24.3 Å². The van der Waals surface area contributed by atoms with Gasteiger partial charge in [0.05, 0.1) is 19.5 Å². The Bertz CT molecular complexity index is 688. The van der Waals surface area contributed by atoms with Crippen LogP contribution in [-0.4, -0.2) is 28.7 Å². The van der Waals surface area contributed by atoms with E-state index in [-0.39, 0.29) is 30.5 Å². The molecule has 0 unspecified atom stereocenters. The second kappa shape index (κ2) is 6.25. The molecule has 0 N–H and O–H groups in total. The molecule has 0 atom stereocenters. The molecule has 0 aliphatic rings. The standard InChI is InChI=1S/C14H16N2O5/c1-4-19-11-10(14(18)20-5-2)15-12(16(3)13(11)17)9-7-6-8-21-9/h6-8H,4-5H2,1-3H3. The van der Waals surface area contributed by atoms with Gasteiger partial charge >= 0.3 is 5.97 Å². The Morgan fingerprint density at radius 3 is 2.71 bits per heavy atom. The first-order valence-electron chi connectivity index (χ1n) is 6.54. The molecule has 0 aliphatic carbocycles. The maximum absolute atomic E-state index is 12.4. The Balaban J connectivity index is 2.66. The minimum Gasteiger partial charge on any atom is -0.486 e. The quantitative estimate of drug-likeness (QED) is 0.779. The average Bonchev–Trinajstić information content (AvgIpc) is 2.98. The van der Waals surface area contributed by atoms with Gasteiger partial charge in [0.15, 0.2) is 17.3 Å². The largest absolute Gasteiger partial charge is 0.486 e. The van der Waals surface area contributed by atoms with E-state index in [9.17, 15) is 9.59 Å². The highest BCUT2D eigenvalue weighted by molar-refractivity contribution is 5.90. The Morgan fingerprint density at radius 1 is 1.38 bits per heavy atom. The molecule has 0 aromatic carbocycles. The molecule has 0 fully saturated rings. The van der Waals surface area contributed by atoms with Gasteiger partial charge in [-0.05, 0) is 26.0 Å². The van der Waals surface area contributed by atoms with E-state index in [1.165, 1.54) is 17.9 Å². The van der Waals surface area contributed by atoms with Gasteiger partial charge < -0.3 is 13.9 Å². The average molecular weight is 292 g/mol. The fraction of sp³-hybridized carbons (Fsp3) is 0.357. The molecule has 21 heavy (non-hydrogen) atoms. The number of aromatic nitrogens is 2. The van der Waals surface area contributed by atoms with Crippen molar-refractivity contribution in [3.05, 3.63) is 34.4 Å². The lowest BCUT2D eigenvalue weighted by Gasteiger charge is -2.12. The molecular formula is C14H16N2O5. The third-order valence-electron chi connectivity index (χ3n) is 2.75. The molecule has 0 bridgehead atoms. The highest BCUT2D eigenvalue weighted by atomic mass is 16.5. The lowest BCUT2D eigenvalue weighted by atomic mass is 10.3. The van der Waals surface area contributed by atoms with Crippen LogP contribution < -0.4 is 10.3 Å². The third-order valence-corrected chi connectivity index (χ3v) is 2.75. The van der Waals surface area contributed by atoms with Gasteiger partial charge in [0.1, 0.15) is 0 Å². The van der Waals surface area contributed by atoms with Crippen molar-refractivity contribution in [3.8, 4) is 17.3 Å². The lowest BCUT2D eigenvalue weighted by Crippen LogP contribution is -2.26. The van der Waals surface area contributed by atoms with E-state index in [0.29, 0.717) is 5.76 Å². The summed E-state index contributed by atoms with van der Waals surface area (Å²) < 4.78 is 16.7. The molecule has 2 aromatic rings. The van der Waals surface area contributed by atoms with E-state index in [2.05, 4.69) is 4.98 Å². The molecule has 0 radical (unpaired) electrons. The van der Waals surface area contributed by atoms with Gasteiger partial charge in [-0.3, -0.25) is 9.36 Å². The Kier molecular flexibility index (Phi) is 4.42. The lowest BCUT2D eigenvalue weighted by molar-refractivity contribution is 0.0514. The molecule has 7 heteroatoms. The van der Waals surface area contributed by atoms with Crippen LogP contribution in [-0.2, 0) is 11.8 Å². The first-order valence-corrected chi connectivity index (χ1v) is 6.54. The summed E-state index contributed by atoms with van der Waals surface area (Å²) in [6.07, 6.45) is 1.46. The van der Waals surface area contributed by atoms with Gasteiger partial charge in [-0.2, -0.15) is 0 Å². The summed E-state index contributed by atoms with van der Waals surface area (Å²) in [5.41, 5.74) is -0.616. The van der Waals surface area contributed by atoms with Crippen LogP contribution in [0.3, 0.4) is 0 Å². The summed E-state index contributed by atoms with van der Waals surface area (Å²) >= 11 is 0. The zero-order valence-corrected chi connectivity index (χ0v) is 12.1. The summed E-state index contributed by atoms with van der Waals surface area (Å²) in [4.78, 5) is 28.5. The summed E-state index contributed by atoms with van der Waals surface area (Å²) in [7, 11) is 1.53. The fourth-order valence-electron chi connectivity index (χ4n) is 1.82. The molecule has 2 aromatic heterocycles. The number of esters is 1. The van der Waals surface area contributed by atoms with Crippen LogP contribution in [0.2, 0.25) is 0 Å². The Labute approximate surface area is 121 Å². The number of ether oxygens (including phenoxy) is 2. The molecule has 2 heterocycles. The molecule has 0 saturated heterocycles. The Hall–Kier alpha value is -2.57. The number of hydrogen-bond acceptors (Lipinski definition) is 6. The number of furan rings is 1. The van der Waals surface area contributed by atoms with E-state index in [4.69, 9.17) is 13.9 Å². The predicted octanol–water partition coefficient (Wildman–Crippen LogP) is 1.62. The predicted molar refractivity (Wildman–Crippen MR) is 74.3 cm³/mol. The van der Waals surface area contributed by atoms with E-state index in [1.807, 2.05) is 0 Å². The summed E-state index contributed by atoms with van der Waals surface area (Å²) in [5, 5.41) is 0. The molecule has 0 aliphatic heterocycles. The SMILES string of the molecule is CCOC(=O)c1nc(-c2ccco2)n(C)c(=O)c1OCC. The van der Waals surface area contributed by atoms with Crippen LogP contribution in [0.4, 0.5) is 0 Å². The molecule has 0 spiro atoms. The third kappa shape index (κ3) is 2.81. The van der Waals surface area contributed by atoms with Crippen molar-refractivity contribution in [2.75, 3.05) is 13.2 Å². The normalized spacial score (nSPS) is 10.4. The van der Waals surface area contributed by atoms with Gasteiger partial charge in [-0.25, -0.2) is 9.78 Å². The van der Waals surface area contributed by atoms with E-state index < -0.39 is 11.5 Å². The van der Waals surface area contributed by atoms with Crippen LogP contribution in [0, 0.1) is 0 Å². The van der Waals surface area contributed by atoms with Gasteiger partial charge in [0.2, 0.25) is 5.75 Å². The maximum atomic E-state index is 12.4. The molecular weight excluding hydrogens is 276 g/mol. The first-order chi connectivity index (χ1) is 10.1. The second-order valence-corrected chi connectivity index (χ2v) is 4.11. The molecule has 112 valence electrons. The highest BCUT2D eigenvalue weighted by Crippen LogP contribution is 2.20. The highest BCUT2D eigenvalue weighted by Gasteiger charge is 2.24. The topological polar surface area (TPSA) is 83.6 Å². The zero-order chi connectivity index (χ0) is 15.4. The van der Waals surface area contributed by atoms with Crippen molar-refractivity contribution in [2.24, 2.45) is 7.05 Å². The first kappa shape index (κ1) is 14.8. The molecule has 0 amide bonds. The maximum Gasteiger partial charge on any atom is 0.361 e. The van der Waals surface area contributed by atoms with Crippen LogP contribution in [0.15, 0.2) is 27.6 Å².